The van der Waals surface area contributed by atoms with E-state index in [1.165, 1.54) is 49.9 Å². The summed E-state index contributed by atoms with van der Waals surface area (Å²) in [6, 6.07) is 3.84. The van der Waals surface area contributed by atoms with Gasteiger partial charge >= 0.3 is 0 Å². The fraction of sp³-hybridized carbons (Fsp3) is 0.684. The van der Waals surface area contributed by atoms with Crippen molar-refractivity contribution in [2.24, 2.45) is 17.8 Å². The number of ketones is 1. The van der Waals surface area contributed by atoms with Gasteiger partial charge in [-0.2, -0.15) is 0 Å². The number of aryl methyl sites for hydroxylation is 1. The first-order valence-corrected chi connectivity index (χ1v) is 9.74. The number of amides is 1. The van der Waals surface area contributed by atoms with E-state index in [4.69, 9.17) is 0 Å². The average Bonchev–Trinajstić information content (AvgIpc) is 2.89. The molecular weight excluding hydrogens is 306 g/mol. The van der Waals surface area contributed by atoms with Crippen molar-refractivity contribution in [2.75, 3.05) is 0 Å². The normalized spacial score (nSPS) is 34.6. The van der Waals surface area contributed by atoms with Gasteiger partial charge in [-0.25, -0.2) is 0 Å². The lowest BCUT2D eigenvalue weighted by Crippen LogP contribution is -2.59. The highest BCUT2D eigenvalue weighted by molar-refractivity contribution is 7.14. The number of carbonyl (C=O) groups is 2. The Morgan fingerprint density at radius 2 is 1.70 bits per heavy atom. The van der Waals surface area contributed by atoms with Crippen molar-refractivity contribution >= 4 is 23.0 Å². The molecule has 1 aromatic heterocycles. The van der Waals surface area contributed by atoms with E-state index >= 15 is 0 Å². The lowest BCUT2D eigenvalue weighted by atomic mass is 9.53. The number of Topliss-reactive ketones (excluding diaryl/α,β-unsaturated/α-hetero) is 1. The van der Waals surface area contributed by atoms with Crippen LogP contribution in [0, 0.1) is 24.7 Å². The summed E-state index contributed by atoms with van der Waals surface area (Å²) in [5, 5.41) is 3.35. The van der Waals surface area contributed by atoms with Crippen LogP contribution < -0.4 is 5.32 Å². The van der Waals surface area contributed by atoms with Gasteiger partial charge in [0.15, 0.2) is 5.78 Å². The molecule has 4 heteroatoms. The zero-order valence-corrected chi connectivity index (χ0v) is 14.6. The quantitative estimate of drug-likeness (QED) is 0.826. The zero-order valence-electron chi connectivity index (χ0n) is 13.8. The van der Waals surface area contributed by atoms with Gasteiger partial charge in [0.1, 0.15) is 0 Å². The number of hydrogen-bond acceptors (Lipinski definition) is 3. The van der Waals surface area contributed by atoms with Crippen LogP contribution in [-0.4, -0.2) is 17.2 Å². The Morgan fingerprint density at radius 3 is 2.22 bits per heavy atom. The number of rotatable bonds is 5. The molecule has 0 spiro atoms. The highest BCUT2D eigenvalue weighted by Crippen LogP contribution is 2.55. The molecule has 5 rings (SSSR count). The number of nitrogens with one attached hydrogen (secondary N) is 1. The molecule has 124 valence electrons. The number of carbonyl (C=O) groups excluding carboxylic acids is 2. The molecule has 0 saturated heterocycles. The molecule has 1 amide bonds. The smallest absolute Gasteiger partial charge is 0.220 e. The van der Waals surface area contributed by atoms with Gasteiger partial charge in [0.25, 0.3) is 0 Å². The van der Waals surface area contributed by atoms with Gasteiger partial charge in [0.05, 0.1) is 4.88 Å². The molecule has 3 nitrogen and oxygen atoms in total. The zero-order chi connectivity index (χ0) is 16.0. The Bertz CT molecular complexity index is 598. The van der Waals surface area contributed by atoms with Crippen molar-refractivity contribution < 1.29 is 9.59 Å². The standard InChI is InChI=1S/C19H25NO2S/c1-12-2-4-17(23-12)16(21)3-5-18(22)20-19-9-13-6-14(10-19)8-15(7-13)11-19/h2,4,13-15H,3,5-11H2,1H3,(H,20,22). The van der Waals surface area contributed by atoms with Crippen LogP contribution >= 0.6 is 11.3 Å². The molecule has 23 heavy (non-hydrogen) atoms. The predicted octanol–water partition coefficient (Wildman–Crippen LogP) is 4.10. The van der Waals surface area contributed by atoms with Crippen molar-refractivity contribution in [3.63, 3.8) is 0 Å². The molecule has 1 aromatic rings. The molecule has 0 radical (unpaired) electrons. The predicted molar refractivity (Wildman–Crippen MR) is 91.7 cm³/mol. The maximum absolute atomic E-state index is 12.4. The minimum absolute atomic E-state index is 0.0639. The third-order valence-electron chi connectivity index (χ3n) is 6.04. The molecule has 4 saturated carbocycles. The first kappa shape index (κ1) is 15.4. The highest BCUT2D eigenvalue weighted by atomic mass is 32.1. The van der Waals surface area contributed by atoms with Crippen LogP contribution in [0.5, 0.6) is 0 Å². The van der Waals surface area contributed by atoms with Crippen LogP contribution in [0.25, 0.3) is 0 Å². The summed E-state index contributed by atoms with van der Waals surface area (Å²) in [5.41, 5.74) is 0.0639. The first-order chi connectivity index (χ1) is 11.0. The van der Waals surface area contributed by atoms with E-state index in [-0.39, 0.29) is 17.2 Å². The maximum atomic E-state index is 12.4. The van der Waals surface area contributed by atoms with Crippen LogP contribution in [0.2, 0.25) is 0 Å². The summed E-state index contributed by atoms with van der Waals surface area (Å²) >= 11 is 1.52. The Morgan fingerprint density at radius 1 is 1.09 bits per heavy atom. The Balaban J connectivity index is 1.33. The summed E-state index contributed by atoms with van der Waals surface area (Å²) in [7, 11) is 0. The Labute approximate surface area is 141 Å². The van der Waals surface area contributed by atoms with Gasteiger partial charge in [-0.3, -0.25) is 9.59 Å². The van der Waals surface area contributed by atoms with E-state index in [0.29, 0.717) is 12.8 Å². The second kappa shape index (κ2) is 5.73. The van der Waals surface area contributed by atoms with Gasteiger partial charge in [-0.05, 0) is 75.3 Å². The second-order valence-electron chi connectivity index (χ2n) is 8.08. The molecule has 4 fully saturated rings. The fourth-order valence-corrected chi connectivity index (χ4v) is 6.39. The van der Waals surface area contributed by atoms with Crippen LogP contribution in [0.4, 0.5) is 0 Å². The van der Waals surface area contributed by atoms with Gasteiger partial charge in [0, 0.05) is 23.3 Å². The van der Waals surface area contributed by atoms with E-state index in [1.54, 1.807) is 0 Å². The van der Waals surface area contributed by atoms with E-state index in [1.807, 2.05) is 19.1 Å². The van der Waals surface area contributed by atoms with Crippen LogP contribution in [0.1, 0.15) is 65.9 Å². The van der Waals surface area contributed by atoms with E-state index in [2.05, 4.69) is 5.32 Å². The lowest BCUT2D eigenvalue weighted by molar-refractivity contribution is -0.126. The van der Waals surface area contributed by atoms with Gasteiger partial charge in [-0.1, -0.05) is 0 Å². The minimum atomic E-state index is 0.0639. The first-order valence-electron chi connectivity index (χ1n) is 8.92. The molecule has 0 aliphatic heterocycles. The van der Waals surface area contributed by atoms with E-state index in [9.17, 15) is 9.59 Å². The number of hydrogen-bond donors (Lipinski definition) is 1. The molecule has 0 atom stereocenters. The highest BCUT2D eigenvalue weighted by Gasteiger charge is 2.51. The molecule has 0 unspecified atom stereocenters. The van der Waals surface area contributed by atoms with Crippen LogP contribution in [-0.2, 0) is 4.79 Å². The second-order valence-corrected chi connectivity index (χ2v) is 9.37. The molecule has 0 aromatic carbocycles. The summed E-state index contributed by atoms with van der Waals surface area (Å²) in [6.45, 7) is 2.00. The summed E-state index contributed by atoms with van der Waals surface area (Å²) in [4.78, 5) is 26.5. The van der Waals surface area contributed by atoms with Crippen LogP contribution in [0.3, 0.4) is 0 Å². The summed E-state index contributed by atoms with van der Waals surface area (Å²) in [5.74, 6) is 2.67. The van der Waals surface area contributed by atoms with Gasteiger partial charge in [0.2, 0.25) is 5.91 Å². The summed E-state index contributed by atoms with van der Waals surface area (Å²) < 4.78 is 0. The largest absolute Gasteiger partial charge is 0.351 e. The Kier molecular flexibility index (Phi) is 3.83. The Hall–Kier alpha value is -1.16. The summed E-state index contributed by atoms with van der Waals surface area (Å²) in [6.07, 6.45) is 8.31. The van der Waals surface area contributed by atoms with Crippen molar-refractivity contribution in [1.82, 2.24) is 5.32 Å². The van der Waals surface area contributed by atoms with Crippen molar-refractivity contribution in [3.05, 3.63) is 21.9 Å². The van der Waals surface area contributed by atoms with Crippen molar-refractivity contribution in [2.45, 2.75) is 63.8 Å². The number of thiophene rings is 1. The molecule has 4 bridgehead atoms. The molecule has 1 N–H and O–H groups in total. The molecule has 4 aliphatic carbocycles. The van der Waals surface area contributed by atoms with Crippen LogP contribution in [0.15, 0.2) is 12.1 Å². The van der Waals surface area contributed by atoms with Crippen molar-refractivity contribution in [3.8, 4) is 0 Å². The minimum Gasteiger partial charge on any atom is -0.351 e. The van der Waals surface area contributed by atoms with E-state index < -0.39 is 0 Å². The third-order valence-corrected chi connectivity index (χ3v) is 7.08. The fourth-order valence-electron chi connectivity index (χ4n) is 5.56. The van der Waals surface area contributed by atoms with Gasteiger partial charge < -0.3 is 5.32 Å². The maximum Gasteiger partial charge on any atom is 0.220 e. The topological polar surface area (TPSA) is 46.2 Å². The molecule has 4 aliphatic rings. The van der Waals surface area contributed by atoms with E-state index in [0.717, 1.165) is 27.5 Å². The molecule has 1 heterocycles. The SMILES string of the molecule is Cc1ccc(C(=O)CCC(=O)NC23CC4CC(CC(C4)C2)C3)s1. The van der Waals surface area contributed by atoms with Crippen molar-refractivity contribution in [1.29, 1.82) is 0 Å². The average molecular weight is 331 g/mol. The van der Waals surface area contributed by atoms with Gasteiger partial charge in [-0.15, -0.1) is 11.3 Å². The monoisotopic (exact) mass is 331 g/mol. The molecular formula is C19H25NO2S. The lowest BCUT2D eigenvalue weighted by Gasteiger charge is -2.56. The third kappa shape index (κ3) is 3.10.